The van der Waals surface area contributed by atoms with Crippen LogP contribution in [0.15, 0.2) is 42.5 Å². The molecule has 16 heavy (non-hydrogen) atoms. The highest BCUT2D eigenvalue weighted by atomic mass is 28.4. The Balaban J connectivity index is 2.60. The Morgan fingerprint density at radius 1 is 1.00 bits per heavy atom. The Hall–Kier alpha value is -1.12. The first-order valence-electron chi connectivity index (χ1n) is 5.77. The van der Waals surface area contributed by atoms with Crippen molar-refractivity contribution in [1.29, 1.82) is 0 Å². The fourth-order valence-corrected chi connectivity index (χ4v) is 4.44. The molecule has 0 saturated heterocycles. The van der Waals surface area contributed by atoms with Gasteiger partial charge in [0.25, 0.3) is 0 Å². The molecule has 0 aliphatic carbocycles. The minimum atomic E-state index is -1.74. The standard InChI is InChI=1S/C14H18OSi/c1-4-15-16(2,3)14-11-7-9-12-8-5-6-10-13(12)14/h5-11H,4H2,1-3H3. The first-order valence-corrected chi connectivity index (χ1v) is 8.68. The molecular formula is C14H18OSi. The van der Waals surface area contributed by atoms with Gasteiger partial charge in [-0.15, -0.1) is 0 Å². The van der Waals surface area contributed by atoms with Crippen LogP contribution in [0.2, 0.25) is 13.1 Å². The molecule has 0 radical (unpaired) electrons. The van der Waals surface area contributed by atoms with Crippen molar-refractivity contribution in [3.8, 4) is 0 Å². The molecule has 2 aromatic carbocycles. The Bertz CT molecular complexity index is 486. The molecular weight excluding hydrogens is 212 g/mol. The van der Waals surface area contributed by atoms with Gasteiger partial charge >= 0.3 is 0 Å². The van der Waals surface area contributed by atoms with Crippen LogP contribution in [-0.4, -0.2) is 14.9 Å². The number of benzene rings is 2. The van der Waals surface area contributed by atoms with Crippen molar-refractivity contribution in [2.75, 3.05) is 6.61 Å². The summed E-state index contributed by atoms with van der Waals surface area (Å²) in [5.74, 6) is 0. The number of hydrogen-bond acceptors (Lipinski definition) is 1. The molecule has 2 aromatic rings. The largest absolute Gasteiger partial charge is 0.413 e. The summed E-state index contributed by atoms with van der Waals surface area (Å²) in [6, 6.07) is 15.0. The van der Waals surface area contributed by atoms with E-state index in [1.807, 2.05) is 0 Å². The van der Waals surface area contributed by atoms with E-state index in [0.29, 0.717) is 0 Å². The quantitative estimate of drug-likeness (QED) is 0.735. The van der Waals surface area contributed by atoms with E-state index in [1.165, 1.54) is 16.0 Å². The zero-order valence-electron chi connectivity index (χ0n) is 10.2. The molecule has 0 aliphatic rings. The first-order chi connectivity index (χ1) is 7.65. The van der Waals surface area contributed by atoms with Gasteiger partial charge in [0, 0.05) is 6.61 Å². The van der Waals surface area contributed by atoms with Gasteiger partial charge in [-0.05, 0) is 36.0 Å². The smallest absolute Gasteiger partial charge is 0.218 e. The van der Waals surface area contributed by atoms with Crippen LogP contribution >= 0.6 is 0 Å². The summed E-state index contributed by atoms with van der Waals surface area (Å²) in [4.78, 5) is 0. The summed E-state index contributed by atoms with van der Waals surface area (Å²) < 4.78 is 5.96. The maximum absolute atomic E-state index is 5.96. The highest BCUT2D eigenvalue weighted by Crippen LogP contribution is 2.16. The molecule has 2 rings (SSSR count). The molecule has 0 spiro atoms. The molecule has 0 saturated carbocycles. The third-order valence-corrected chi connectivity index (χ3v) is 5.69. The van der Waals surface area contributed by atoms with Crippen molar-refractivity contribution in [3.63, 3.8) is 0 Å². The summed E-state index contributed by atoms with van der Waals surface area (Å²) in [6.45, 7) is 7.39. The van der Waals surface area contributed by atoms with E-state index in [1.54, 1.807) is 0 Å². The van der Waals surface area contributed by atoms with E-state index in [9.17, 15) is 0 Å². The SMILES string of the molecule is CCO[Si](C)(C)c1cccc2ccccc12. The van der Waals surface area contributed by atoms with E-state index in [2.05, 4.69) is 62.5 Å². The lowest BCUT2D eigenvalue weighted by atomic mass is 10.1. The average Bonchev–Trinajstić information content (AvgIpc) is 2.28. The molecule has 0 fully saturated rings. The number of rotatable bonds is 3. The minimum Gasteiger partial charge on any atom is -0.413 e. The topological polar surface area (TPSA) is 9.23 Å². The number of hydrogen-bond donors (Lipinski definition) is 0. The Morgan fingerprint density at radius 2 is 1.69 bits per heavy atom. The van der Waals surface area contributed by atoms with Gasteiger partial charge in [0.15, 0.2) is 0 Å². The second-order valence-electron chi connectivity index (χ2n) is 4.47. The van der Waals surface area contributed by atoms with Gasteiger partial charge in [0.1, 0.15) is 0 Å². The van der Waals surface area contributed by atoms with Crippen molar-refractivity contribution in [3.05, 3.63) is 42.5 Å². The van der Waals surface area contributed by atoms with Crippen molar-refractivity contribution < 1.29 is 4.43 Å². The lowest BCUT2D eigenvalue weighted by molar-refractivity contribution is 0.339. The van der Waals surface area contributed by atoms with Gasteiger partial charge in [0.2, 0.25) is 8.32 Å². The maximum Gasteiger partial charge on any atom is 0.218 e. The van der Waals surface area contributed by atoms with Crippen LogP contribution in [0.3, 0.4) is 0 Å². The van der Waals surface area contributed by atoms with E-state index in [0.717, 1.165) is 6.61 Å². The van der Waals surface area contributed by atoms with Gasteiger partial charge in [0.05, 0.1) is 0 Å². The molecule has 0 N–H and O–H groups in total. The predicted molar refractivity (Wildman–Crippen MR) is 72.7 cm³/mol. The fraction of sp³-hybridized carbons (Fsp3) is 0.286. The fourth-order valence-electron chi connectivity index (χ4n) is 2.19. The highest BCUT2D eigenvalue weighted by molar-refractivity contribution is 6.86. The number of fused-ring (bicyclic) bond motifs is 1. The average molecular weight is 230 g/mol. The molecule has 0 aliphatic heterocycles. The van der Waals surface area contributed by atoms with Crippen LogP contribution in [-0.2, 0) is 4.43 Å². The van der Waals surface area contributed by atoms with Crippen LogP contribution in [0.1, 0.15) is 6.92 Å². The van der Waals surface area contributed by atoms with Crippen molar-refractivity contribution in [1.82, 2.24) is 0 Å². The van der Waals surface area contributed by atoms with Crippen LogP contribution in [0.25, 0.3) is 10.8 Å². The Kier molecular flexibility index (Phi) is 3.12. The molecule has 0 atom stereocenters. The molecule has 0 unspecified atom stereocenters. The van der Waals surface area contributed by atoms with E-state index >= 15 is 0 Å². The summed E-state index contributed by atoms with van der Waals surface area (Å²) >= 11 is 0. The third kappa shape index (κ3) is 2.03. The zero-order valence-corrected chi connectivity index (χ0v) is 11.2. The summed E-state index contributed by atoms with van der Waals surface area (Å²) in [5.41, 5.74) is 0. The summed E-state index contributed by atoms with van der Waals surface area (Å²) in [7, 11) is -1.74. The molecule has 2 heteroatoms. The molecule has 1 nitrogen and oxygen atoms in total. The molecule has 0 amide bonds. The maximum atomic E-state index is 5.96. The van der Waals surface area contributed by atoms with Crippen LogP contribution in [0.4, 0.5) is 0 Å². The van der Waals surface area contributed by atoms with Crippen LogP contribution in [0.5, 0.6) is 0 Å². The highest BCUT2D eigenvalue weighted by Gasteiger charge is 2.26. The molecule has 0 aromatic heterocycles. The van der Waals surface area contributed by atoms with Gasteiger partial charge in [-0.3, -0.25) is 0 Å². The normalized spacial score (nSPS) is 11.9. The summed E-state index contributed by atoms with van der Waals surface area (Å²) in [5, 5.41) is 4.04. The molecule has 84 valence electrons. The second kappa shape index (κ2) is 4.40. The van der Waals surface area contributed by atoms with E-state index in [4.69, 9.17) is 4.43 Å². The second-order valence-corrected chi connectivity index (χ2v) is 8.32. The third-order valence-electron chi connectivity index (χ3n) is 2.94. The first kappa shape index (κ1) is 11.4. The van der Waals surface area contributed by atoms with Gasteiger partial charge < -0.3 is 4.43 Å². The zero-order chi connectivity index (χ0) is 11.6. The van der Waals surface area contributed by atoms with Gasteiger partial charge in [-0.25, -0.2) is 0 Å². The minimum absolute atomic E-state index is 0.794. The van der Waals surface area contributed by atoms with Crippen molar-refractivity contribution >= 4 is 24.3 Å². The molecule has 0 bridgehead atoms. The molecule has 0 heterocycles. The van der Waals surface area contributed by atoms with Crippen molar-refractivity contribution in [2.24, 2.45) is 0 Å². The van der Waals surface area contributed by atoms with Crippen LogP contribution in [0, 0.1) is 0 Å². The predicted octanol–water partition coefficient (Wildman–Crippen LogP) is 3.29. The Labute approximate surface area is 98.2 Å². The Morgan fingerprint density at radius 3 is 2.44 bits per heavy atom. The van der Waals surface area contributed by atoms with Gasteiger partial charge in [-0.2, -0.15) is 0 Å². The monoisotopic (exact) mass is 230 g/mol. The van der Waals surface area contributed by atoms with Gasteiger partial charge in [-0.1, -0.05) is 42.5 Å². The lowest BCUT2D eigenvalue weighted by Crippen LogP contribution is -2.45. The van der Waals surface area contributed by atoms with E-state index < -0.39 is 8.32 Å². The van der Waals surface area contributed by atoms with E-state index in [-0.39, 0.29) is 0 Å². The lowest BCUT2D eigenvalue weighted by Gasteiger charge is -2.24. The van der Waals surface area contributed by atoms with Crippen molar-refractivity contribution in [2.45, 2.75) is 20.0 Å². The van der Waals surface area contributed by atoms with Crippen LogP contribution < -0.4 is 5.19 Å². The summed E-state index contributed by atoms with van der Waals surface area (Å²) in [6.07, 6.45) is 0.